The Morgan fingerprint density at radius 3 is 2.51 bits per heavy atom. The van der Waals surface area contributed by atoms with Crippen molar-refractivity contribution >= 4 is 29.4 Å². The summed E-state index contributed by atoms with van der Waals surface area (Å²) in [7, 11) is 0. The minimum atomic E-state index is -4.82. The fourth-order valence-electron chi connectivity index (χ4n) is 3.88. The summed E-state index contributed by atoms with van der Waals surface area (Å²) in [6.45, 7) is -0.00380. The maximum Gasteiger partial charge on any atom is 0.573 e. The number of imide groups is 1. The molecule has 1 fully saturated rings. The first kappa shape index (κ1) is 24.0. The summed E-state index contributed by atoms with van der Waals surface area (Å²) in [5.74, 6) is -2.10. The van der Waals surface area contributed by atoms with Crippen molar-refractivity contribution in [2.24, 2.45) is 0 Å². The van der Waals surface area contributed by atoms with Crippen LogP contribution in [0.1, 0.15) is 40.6 Å². The summed E-state index contributed by atoms with van der Waals surface area (Å²) in [5, 5.41) is 17.8. The van der Waals surface area contributed by atoms with Crippen molar-refractivity contribution < 1.29 is 42.2 Å². The van der Waals surface area contributed by atoms with E-state index in [1.54, 1.807) is 6.07 Å². The monoisotopic (exact) mass is 492 g/mol. The highest BCUT2D eigenvalue weighted by Gasteiger charge is 2.44. The van der Waals surface area contributed by atoms with Gasteiger partial charge in [-0.1, -0.05) is 12.1 Å². The average molecular weight is 492 g/mol. The minimum Gasteiger partial charge on any atom is -0.406 e. The zero-order valence-electron chi connectivity index (χ0n) is 17.9. The molecule has 0 radical (unpaired) electrons. The smallest absolute Gasteiger partial charge is 0.406 e. The molecule has 0 spiro atoms. The molecule has 4 N–H and O–H groups in total. The number of anilines is 1. The number of hydrogen-bond acceptors (Lipinski definition) is 6. The summed E-state index contributed by atoms with van der Waals surface area (Å²) in [4.78, 5) is 49.6. The number of amides is 5. The maximum absolute atomic E-state index is 12.9. The van der Waals surface area contributed by atoms with Gasteiger partial charge in [0.15, 0.2) is 6.23 Å². The lowest BCUT2D eigenvalue weighted by molar-refractivity contribution is -0.274. The SMILES string of the molecule is O=C1CCC(N2C(=O)c3cc(CNC(=O)Nc4ccc(OC(F)(F)F)cc4)ccc3C2O)C(=O)N1. The van der Waals surface area contributed by atoms with Crippen molar-refractivity contribution in [1.29, 1.82) is 0 Å². The molecule has 2 unspecified atom stereocenters. The van der Waals surface area contributed by atoms with Gasteiger partial charge in [-0.05, 0) is 42.3 Å². The molecule has 2 aromatic carbocycles. The second-order valence-electron chi connectivity index (χ2n) is 7.85. The largest absolute Gasteiger partial charge is 0.573 e. The van der Waals surface area contributed by atoms with Crippen LogP contribution in [0.2, 0.25) is 0 Å². The van der Waals surface area contributed by atoms with Gasteiger partial charge >= 0.3 is 12.4 Å². The summed E-state index contributed by atoms with van der Waals surface area (Å²) in [6.07, 6.45) is -6.03. The quantitative estimate of drug-likeness (QED) is 0.472. The third-order valence-electron chi connectivity index (χ3n) is 5.47. The van der Waals surface area contributed by atoms with Gasteiger partial charge in [0.2, 0.25) is 11.8 Å². The molecule has 0 aliphatic carbocycles. The molecule has 2 aliphatic rings. The number of ether oxygens (including phenoxy) is 1. The molecular formula is C22H19F3N4O6. The molecule has 2 heterocycles. The maximum atomic E-state index is 12.9. The number of halogens is 3. The van der Waals surface area contributed by atoms with E-state index in [4.69, 9.17) is 0 Å². The third-order valence-corrected chi connectivity index (χ3v) is 5.47. The number of urea groups is 1. The highest BCUT2D eigenvalue weighted by molar-refractivity contribution is 6.05. The molecule has 0 bridgehead atoms. The Morgan fingerprint density at radius 2 is 1.86 bits per heavy atom. The first-order valence-corrected chi connectivity index (χ1v) is 10.4. The van der Waals surface area contributed by atoms with Gasteiger partial charge in [0, 0.05) is 29.8 Å². The predicted molar refractivity (Wildman–Crippen MR) is 113 cm³/mol. The highest BCUT2D eigenvalue weighted by atomic mass is 19.4. The number of alkyl halides is 3. The molecule has 0 saturated carbocycles. The van der Waals surface area contributed by atoms with E-state index in [0.717, 1.165) is 17.0 Å². The third kappa shape index (κ3) is 5.35. The van der Waals surface area contributed by atoms with Gasteiger partial charge in [-0.15, -0.1) is 13.2 Å². The molecule has 10 nitrogen and oxygen atoms in total. The fourth-order valence-corrected chi connectivity index (χ4v) is 3.88. The van der Waals surface area contributed by atoms with Crippen molar-refractivity contribution in [2.75, 3.05) is 5.32 Å². The summed E-state index contributed by atoms with van der Waals surface area (Å²) in [6, 6.07) is 7.53. The summed E-state index contributed by atoms with van der Waals surface area (Å²) in [5.41, 5.74) is 1.22. The predicted octanol–water partition coefficient (Wildman–Crippen LogP) is 2.16. The van der Waals surface area contributed by atoms with Crippen molar-refractivity contribution in [3.8, 4) is 5.75 Å². The van der Waals surface area contributed by atoms with Gasteiger partial charge < -0.3 is 20.5 Å². The van der Waals surface area contributed by atoms with Crippen LogP contribution in [0.3, 0.4) is 0 Å². The highest BCUT2D eigenvalue weighted by Crippen LogP contribution is 2.35. The second kappa shape index (κ2) is 9.25. The minimum absolute atomic E-state index is 0.00380. The number of nitrogens with zero attached hydrogens (tertiary/aromatic N) is 1. The van der Waals surface area contributed by atoms with Crippen LogP contribution in [0.5, 0.6) is 5.75 Å². The van der Waals surface area contributed by atoms with Crippen LogP contribution in [0.25, 0.3) is 0 Å². The second-order valence-corrected chi connectivity index (χ2v) is 7.85. The van der Waals surface area contributed by atoms with E-state index >= 15 is 0 Å². The number of hydrogen-bond donors (Lipinski definition) is 4. The van der Waals surface area contributed by atoms with Gasteiger partial charge in [0.25, 0.3) is 5.91 Å². The fraction of sp³-hybridized carbons (Fsp3) is 0.273. The Hall–Kier alpha value is -4.13. The molecule has 0 aromatic heterocycles. The van der Waals surface area contributed by atoms with Crippen molar-refractivity contribution in [3.05, 3.63) is 59.2 Å². The van der Waals surface area contributed by atoms with Crippen LogP contribution in [0.4, 0.5) is 23.7 Å². The number of carbonyl (C=O) groups excluding carboxylic acids is 4. The number of carbonyl (C=O) groups is 4. The molecular weight excluding hydrogens is 473 g/mol. The Bertz CT molecular complexity index is 1180. The number of rotatable bonds is 5. The van der Waals surface area contributed by atoms with Gasteiger partial charge in [-0.3, -0.25) is 24.6 Å². The van der Waals surface area contributed by atoms with Gasteiger partial charge in [0.1, 0.15) is 11.8 Å². The lowest BCUT2D eigenvalue weighted by atomic mass is 10.0. The van der Waals surface area contributed by atoms with E-state index in [1.165, 1.54) is 24.3 Å². The Morgan fingerprint density at radius 1 is 1.14 bits per heavy atom. The van der Waals surface area contributed by atoms with Crippen LogP contribution in [0, 0.1) is 0 Å². The molecule has 35 heavy (non-hydrogen) atoms. The molecule has 2 aromatic rings. The normalized spacial score (nSPS) is 19.8. The van der Waals surface area contributed by atoms with Crippen molar-refractivity contribution in [3.63, 3.8) is 0 Å². The van der Waals surface area contributed by atoms with E-state index in [9.17, 15) is 37.5 Å². The molecule has 1 saturated heterocycles. The summed E-state index contributed by atoms with van der Waals surface area (Å²) < 4.78 is 40.4. The lowest BCUT2D eigenvalue weighted by Gasteiger charge is -2.31. The number of aliphatic hydroxyl groups excluding tert-OH is 1. The molecule has 13 heteroatoms. The number of nitrogens with one attached hydrogen (secondary N) is 3. The first-order chi connectivity index (χ1) is 16.5. The standard InChI is InChI=1S/C22H19F3N4O6/c23-22(24,25)35-13-4-2-12(3-5-13)27-21(34)26-10-11-1-6-14-15(9-11)20(33)29(19(14)32)16-7-8-17(30)28-18(16)31/h1-6,9,16,19,32H,7-8,10H2,(H2,26,27,34)(H,28,30,31). The lowest BCUT2D eigenvalue weighted by Crippen LogP contribution is -2.53. The van der Waals surface area contributed by atoms with Crippen LogP contribution in [-0.4, -0.2) is 46.2 Å². The first-order valence-electron chi connectivity index (χ1n) is 10.4. The van der Waals surface area contributed by atoms with E-state index in [2.05, 4.69) is 20.7 Å². The number of fused-ring (bicyclic) bond motifs is 1. The van der Waals surface area contributed by atoms with Gasteiger partial charge in [-0.25, -0.2) is 4.79 Å². The van der Waals surface area contributed by atoms with E-state index in [0.29, 0.717) is 11.1 Å². The molecule has 2 atom stereocenters. The molecule has 4 rings (SSSR count). The van der Waals surface area contributed by atoms with Gasteiger partial charge in [-0.2, -0.15) is 0 Å². The Labute approximate surface area is 196 Å². The van der Waals surface area contributed by atoms with Crippen LogP contribution < -0.4 is 20.7 Å². The molecule has 5 amide bonds. The summed E-state index contributed by atoms with van der Waals surface area (Å²) >= 11 is 0. The molecule has 184 valence electrons. The van der Waals surface area contributed by atoms with Crippen LogP contribution in [-0.2, 0) is 16.1 Å². The zero-order valence-corrected chi connectivity index (χ0v) is 17.9. The van der Waals surface area contributed by atoms with E-state index in [1.807, 2.05) is 0 Å². The number of piperidine rings is 1. The number of aliphatic hydroxyl groups is 1. The number of benzene rings is 2. The van der Waals surface area contributed by atoms with Crippen LogP contribution >= 0.6 is 0 Å². The van der Waals surface area contributed by atoms with Crippen molar-refractivity contribution in [2.45, 2.75) is 38.0 Å². The van der Waals surface area contributed by atoms with E-state index in [-0.39, 0.29) is 30.6 Å². The zero-order chi connectivity index (χ0) is 25.3. The Kier molecular flexibility index (Phi) is 6.35. The average Bonchev–Trinajstić information content (AvgIpc) is 3.03. The van der Waals surface area contributed by atoms with Crippen molar-refractivity contribution in [1.82, 2.24) is 15.5 Å². The van der Waals surface area contributed by atoms with E-state index < -0.39 is 48.1 Å². The molecule has 2 aliphatic heterocycles. The van der Waals surface area contributed by atoms with Gasteiger partial charge in [0.05, 0.1) is 0 Å². The topological polar surface area (TPSA) is 137 Å². The van der Waals surface area contributed by atoms with Crippen LogP contribution in [0.15, 0.2) is 42.5 Å². The Balaban J connectivity index is 1.36.